The maximum Gasteiger partial charge on any atom is 0.161 e. The van der Waals surface area contributed by atoms with Gasteiger partial charge in [-0.05, 0) is 52.9 Å². The second-order valence-electron chi connectivity index (χ2n) is 5.40. The van der Waals surface area contributed by atoms with Crippen LogP contribution in [0.3, 0.4) is 0 Å². The first kappa shape index (κ1) is 19.5. The molecule has 2 aromatic carbocycles. The van der Waals surface area contributed by atoms with Gasteiger partial charge in [-0.25, -0.2) is 0 Å². The predicted molar refractivity (Wildman–Crippen MR) is 101 cm³/mol. The van der Waals surface area contributed by atoms with Gasteiger partial charge in [0.25, 0.3) is 0 Å². The molecule has 0 N–H and O–H groups in total. The SMILES string of the molecule is COc1cc(CCl)c(Cc2cc(OC)c(OC)cc2CCl)cc1OC. The number of hydrogen-bond donors (Lipinski definition) is 0. The van der Waals surface area contributed by atoms with Gasteiger partial charge in [0.05, 0.1) is 28.4 Å². The zero-order chi connectivity index (χ0) is 18.4. The molecule has 0 atom stereocenters. The molecular formula is C19H22Cl2O4. The summed E-state index contributed by atoms with van der Waals surface area (Å²) >= 11 is 12.3. The number of alkyl halides is 2. The molecule has 2 rings (SSSR count). The highest BCUT2D eigenvalue weighted by molar-refractivity contribution is 6.17. The number of ether oxygens (including phenoxy) is 4. The molecule has 136 valence electrons. The lowest BCUT2D eigenvalue weighted by atomic mass is 9.96. The van der Waals surface area contributed by atoms with Gasteiger partial charge in [0.2, 0.25) is 0 Å². The zero-order valence-electron chi connectivity index (χ0n) is 14.8. The smallest absolute Gasteiger partial charge is 0.161 e. The van der Waals surface area contributed by atoms with Crippen molar-refractivity contribution in [3.63, 3.8) is 0 Å². The summed E-state index contributed by atoms with van der Waals surface area (Å²) in [6.07, 6.45) is 0.644. The number of methoxy groups -OCH3 is 4. The molecule has 4 nitrogen and oxygen atoms in total. The molecule has 0 aromatic heterocycles. The average molecular weight is 385 g/mol. The first-order valence-corrected chi connectivity index (χ1v) is 8.78. The van der Waals surface area contributed by atoms with Crippen molar-refractivity contribution >= 4 is 23.2 Å². The minimum absolute atomic E-state index is 0.374. The van der Waals surface area contributed by atoms with E-state index in [-0.39, 0.29) is 0 Å². The maximum absolute atomic E-state index is 6.14. The number of halogens is 2. The average Bonchev–Trinajstić information content (AvgIpc) is 2.66. The van der Waals surface area contributed by atoms with Crippen LogP contribution in [0.1, 0.15) is 22.3 Å². The summed E-state index contributed by atoms with van der Waals surface area (Å²) in [4.78, 5) is 0. The molecular weight excluding hydrogens is 363 g/mol. The molecule has 0 amide bonds. The van der Waals surface area contributed by atoms with Crippen molar-refractivity contribution in [3.8, 4) is 23.0 Å². The maximum atomic E-state index is 6.14. The Balaban J connectivity index is 2.51. The molecule has 25 heavy (non-hydrogen) atoms. The van der Waals surface area contributed by atoms with Crippen LogP contribution >= 0.6 is 23.2 Å². The summed E-state index contributed by atoms with van der Waals surface area (Å²) in [7, 11) is 6.44. The normalized spacial score (nSPS) is 10.5. The molecule has 0 bridgehead atoms. The Kier molecular flexibility index (Phi) is 7.09. The lowest BCUT2D eigenvalue weighted by molar-refractivity contribution is 0.353. The Hall–Kier alpha value is -1.78. The molecule has 0 saturated carbocycles. The molecule has 0 aliphatic heterocycles. The summed E-state index contributed by atoms with van der Waals surface area (Å²) in [5.41, 5.74) is 4.06. The zero-order valence-corrected chi connectivity index (χ0v) is 16.3. The second kappa shape index (κ2) is 9.07. The Morgan fingerprint density at radius 1 is 0.560 bits per heavy atom. The monoisotopic (exact) mass is 384 g/mol. The fraction of sp³-hybridized carbons (Fsp3) is 0.368. The van der Waals surface area contributed by atoms with E-state index in [1.807, 2.05) is 24.3 Å². The van der Waals surface area contributed by atoms with Crippen LogP contribution in [0.2, 0.25) is 0 Å². The van der Waals surface area contributed by atoms with Gasteiger partial charge >= 0.3 is 0 Å². The van der Waals surface area contributed by atoms with Crippen LogP contribution in [0.25, 0.3) is 0 Å². The number of hydrogen-bond acceptors (Lipinski definition) is 4. The van der Waals surface area contributed by atoms with E-state index in [0.717, 1.165) is 22.3 Å². The quantitative estimate of drug-likeness (QED) is 0.613. The third-order valence-electron chi connectivity index (χ3n) is 4.08. The van der Waals surface area contributed by atoms with Crippen LogP contribution < -0.4 is 18.9 Å². The Labute approximate surface area is 158 Å². The van der Waals surface area contributed by atoms with Crippen molar-refractivity contribution in [1.82, 2.24) is 0 Å². The predicted octanol–water partition coefficient (Wildman–Crippen LogP) is 4.79. The van der Waals surface area contributed by atoms with Crippen molar-refractivity contribution in [2.24, 2.45) is 0 Å². The van der Waals surface area contributed by atoms with Gasteiger partial charge in [0.15, 0.2) is 23.0 Å². The molecule has 0 spiro atoms. The molecule has 2 aromatic rings. The highest BCUT2D eigenvalue weighted by atomic mass is 35.5. The number of benzene rings is 2. The van der Waals surface area contributed by atoms with Crippen molar-refractivity contribution in [2.45, 2.75) is 18.2 Å². The Morgan fingerprint density at radius 3 is 1.08 bits per heavy atom. The van der Waals surface area contributed by atoms with Crippen LogP contribution in [-0.4, -0.2) is 28.4 Å². The highest BCUT2D eigenvalue weighted by Gasteiger charge is 2.15. The molecule has 0 radical (unpaired) electrons. The van der Waals surface area contributed by atoms with Gasteiger partial charge in [-0.2, -0.15) is 0 Å². The van der Waals surface area contributed by atoms with Gasteiger partial charge < -0.3 is 18.9 Å². The van der Waals surface area contributed by atoms with Gasteiger partial charge in [0.1, 0.15) is 0 Å². The summed E-state index contributed by atoms with van der Waals surface area (Å²) < 4.78 is 21.5. The minimum atomic E-state index is 0.374. The topological polar surface area (TPSA) is 36.9 Å². The first-order valence-electron chi connectivity index (χ1n) is 7.71. The fourth-order valence-electron chi connectivity index (χ4n) is 2.71. The van der Waals surface area contributed by atoms with E-state index < -0.39 is 0 Å². The van der Waals surface area contributed by atoms with Gasteiger partial charge in [-0.3, -0.25) is 0 Å². The van der Waals surface area contributed by atoms with E-state index in [1.54, 1.807) is 28.4 Å². The molecule has 0 fully saturated rings. The van der Waals surface area contributed by atoms with E-state index in [0.29, 0.717) is 41.2 Å². The van der Waals surface area contributed by atoms with Crippen LogP contribution in [0.4, 0.5) is 0 Å². The van der Waals surface area contributed by atoms with E-state index in [9.17, 15) is 0 Å². The molecule has 0 heterocycles. The standard InChI is InChI=1S/C19H22Cl2O4/c1-22-16-6-12(14(10-20)8-18(16)24-3)5-13-7-17(23-2)19(25-4)9-15(13)11-21/h6-9H,5,10-11H2,1-4H3. The van der Waals surface area contributed by atoms with Crippen molar-refractivity contribution in [1.29, 1.82) is 0 Å². The fourth-order valence-corrected chi connectivity index (χ4v) is 3.21. The van der Waals surface area contributed by atoms with Gasteiger partial charge in [0, 0.05) is 11.8 Å². The van der Waals surface area contributed by atoms with Gasteiger partial charge in [-0.1, -0.05) is 0 Å². The summed E-state index contributed by atoms with van der Waals surface area (Å²) in [6, 6.07) is 7.71. The van der Waals surface area contributed by atoms with Crippen molar-refractivity contribution in [3.05, 3.63) is 46.5 Å². The van der Waals surface area contributed by atoms with Crippen molar-refractivity contribution in [2.75, 3.05) is 28.4 Å². The molecule has 0 unspecified atom stereocenters. The van der Waals surface area contributed by atoms with E-state index in [1.165, 1.54) is 0 Å². The summed E-state index contributed by atoms with van der Waals surface area (Å²) in [6.45, 7) is 0. The van der Waals surface area contributed by atoms with E-state index >= 15 is 0 Å². The third kappa shape index (κ3) is 4.25. The van der Waals surface area contributed by atoms with Crippen LogP contribution in [0.5, 0.6) is 23.0 Å². The number of rotatable bonds is 8. The third-order valence-corrected chi connectivity index (χ3v) is 4.66. The second-order valence-corrected chi connectivity index (χ2v) is 5.93. The van der Waals surface area contributed by atoms with Gasteiger partial charge in [-0.15, -0.1) is 23.2 Å². The minimum Gasteiger partial charge on any atom is -0.493 e. The van der Waals surface area contributed by atoms with E-state index in [2.05, 4.69) is 0 Å². The van der Waals surface area contributed by atoms with Crippen LogP contribution in [0, 0.1) is 0 Å². The molecule has 6 heteroatoms. The highest BCUT2D eigenvalue weighted by Crippen LogP contribution is 2.36. The largest absolute Gasteiger partial charge is 0.493 e. The lowest BCUT2D eigenvalue weighted by Crippen LogP contribution is -2.02. The molecule has 0 saturated heterocycles. The van der Waals surface area contributed by atoms with E-state index in [4.69, 9.17) is 42.1 Å². The lowest BCUT2D eigenvalue weighted by Gasteiger charge is -2.17. The Bertz CT molecular complexity index is 670. The van der Waals surface area contributed by atoms with Crippen LogP contribution in [0.15, 0.2) is 24.3 Å². The summed E-state index contributed by atoms with van der Waals surface area (Å²) in [5, 5.41) is 0. The van der Waals surface area contributed by atoms with Crippen molar-refractivity contribution < 1.29 is 18.9 Å². The Morgan fingerprint density at radius 2 is 0.840 bits per heavy atom. The molecule has 0 aliphatic carbocycles. The summed E-state index contributed by atoms with van der Waals surface area (Å²) in [5.74, 6) is 3.40. The first-order chi connectivity index (χ1) is 12.1. The molecule has 0 aliphatic rings. The van der Waals surface area contributed by atoms with Crippen LogP contribution in [-0.2, 0) is 18.2 Å².